The lowest BCUT2D eigenvalue weighted by Gasteiger charge is -2.21. The first-order chi connectivity index (χ1) is 10.3. The number of ether oxygens (including phenoxy) is 3. The molecule has 5 heteroatoms. The first kappa shape index (κ1) is 18.1. The Labute approximate surface area is 132 Å². The molecule has 1 aromatic rings. The van der Waals surface area contributed by atoms with Gasteiger partial charge in [0.25, 0.3) is 0 Å². The molecule has 1 aromatic carbocycles. The molecular formula is C16H27NO3S. The molecule has 0 aromatic heterocycles. The van der Waals surface area contributed by atoms with Crippen LogP contribution in [0.1, 0.15) is 24.9 Å². The fraction of sp³-hybridized carbons (Fsp3) is 0.625. The second-order valence-corrected chi connectivity index (χ2v) is 5.83. The van der Waals surface area contributed by atoms with Crippen molar-refractivity contribution in [1.82, 2.24) is 5.32 Å². The van der Waals surface area contributed by atoms with Gasteiger partial charge in [-0.3, -0.25) is 0 Å². The van der Waals surface area contributed by atoms with Crippen LogP contribution in [0.25, 0.3) is 0 Å². The highest BCUT2D eigenvalue weighted by Gasteiger charge is 2.16. The van der Waals surface area contributed by atoms with Crippen LogP contribution in [0.4, 0.5) is 0 Å². The van der Waals surface area contributed by atoms with Crippen LogP contribution in [0, 0.1) is 0 Å². The molecule has 0 bridgehead atoms. The quantitative estimate of drug-likeness (QED) is 0.636. The first-order valence-corrected chi connectivity index (χ1v) is 8.44. The molecule has 0 amide bonds. The van der Waals surface area contributed by atoms with Crippen molar-refractivity contribution in [3.05, 3.63) is 23.8 Å². The Balaban J connectivity index is 2.83. The van der Waals surface area contributed by atoms with E-state index in [4.69, 9.17) is 14.2 Å². The highest BCUT2D eigenvalue weighted by molar-refractivity contribution is 7.99. The Morgan fingerprint density at radius 3 is 2.62 bits per heavy atom. The SMILES string of the molecule is CCCNC(CSCCOC)c1cc(OC)ccc1OC. The topological polar surface area (TPSA) is 39.7 Å². The summed E-state index contributed by atoms with van der Waals surface area (Å²) in [4.78, 5) is 0. The summed E-state index contributed by atoms with van der Waals surface area (Å²) >= 11 is 1.88. The van der Waals surface area contributed by atoms with E-state index in [2.05, 4.69) is 18.3 Å². The third kappa shape index (κ3) is 6.16. The third-order valence-electron chi connectivity index (χ3n) is 3.17. The molecule has 0 radical (unpaired) electrons. The van der Waals surface area contributed by atoms with E-state index in [1.807, 2.05) is 23.9 Å². The fourth-order valence-corrected chi connectivity index (χ4v) is 3.02. The lowest BCUT2D eigenvalue weighted by molar-refractivity contribution is 0.218. The van der Waals surface area contributed by atoms with Gasteiger partial charge in [0.15, 0.2) is 0 Å². The molecule has 0 aliphatic rings. The number of hydrogen-bond donors (Lipinski definition) is 1. The predicted octanol–water partition coefficient (Wildman–Crippen LogP) is 3.12. The van der Waals surface area contributed by atoms with Gasteiger partial charge >= 0.3 is 0 Å². The Morgan fingerprint density at radius 2 is 2.00 bits per heavy atom. The molecular weight excluding hydrogens is 286 g/mol. The highest BCUT2D eigenvalue weighted by Crippen LogP contribution is 2.31. The Kier molecular flexibility index (Phi) is 9.30. The van der Waals surface area contributed by atoms with Crippen molar-refractivity contribution in [3.63, 3.8) is 0 Å². The fourth-order valence-electron chi connectivity index (χ4n) is 2.03. The molecule has 1 N–H and O–H groups in total. The molecule has 0 aliphatic heterocycles. The lowest BCUT2D eigenvalue weighted by atomic mass is 10.1. The summed E-state index contributed by atoms with van der Waals surface area (Å²) in [6.07, 6.45) is 1.10. The second-order valence-electron chi connectivity index (χ2n) is 4.68. The zero-order chi connectivity index (χ0) is 15.5. The van der Waals surface area contributed by atoms with Gasteiger partial charge in [-0.1, -0.05) is 6.92 Å². The number of hydrogen-bond acceptors (Lipinski definition) is 5. The van der Waals surface area contributed by atoms with E-state index in [1.165, 1.54) is 0 Å². The molecule has 21 heavy (non-hydrogen) atoms. The summed E-state index contributed by atoms with van der Waals surface area (Å²) in [5.41, 5.74) is 1.15. The molecule has 0 saturated carbocycles. The average Bonchev–Trinajstić information content (AvgIpc) is 2.53. The maximum absolute atomic E-state index is 5.50. The Bertz CT molecular complexity index is 401. The molecule has 0 saturated heterocycles. The van der Waals surface area contributed by atoms with Crippen LogP contribution in [0.15, 0.2) is 18.2 Å². The van der Waals surface area contributed by atoms with Gasteiger partial charge < -0.3 is 19.5 Å². The van der Waals surface area contributed by atoms with Crippen molar-refractivity contribution in [3.8, 4) is 11.5 Å². The summed E-state index contributed by atoms with van der Waals surface area (Å²) in [5, 5.41) is 3.59. The van der Waals surface area contributed by atoms with Crippen LogP contribution in [0.3, 0.4) is 0 Å². The number of benzene rings is 1. The second kappa shape index (κ2) is 10.8. The lowest BCUT2D eigenvalue weighted by Crippen LogP contribution is -2.25. The van der Waals surface area contributed by atoms with Gasteiger partial charge in [-0.15, -0.1) is 0 Å². The van der Waals surface area contributed by atoms with Gasteiger partial charge in [-0.2, -0.15) is 11.8 Å². The van der Waals surface area contributed by atoms with E-state index in [9.17, 15) is 0 Å². The number of thioether (sulfide) groups is 1. The van der Waals surface area contributed by atoms with Crippen LogP contribution in [-0.4, -0.2) is 46.0 Å². The van der Waals surface area contributed by atoms with Crippen LogP contribution < -0.4 is 14.8 Å². The van der Waals surface area contributed by atoms with Gasteiger partial charge in [-0.05, 0) is 31.2 Å². The van der Waals surface area contributed by atoms with E-state index >= 15 is 0 Å². The first-order valence-electron chi connectivity index (χ1n) is 7.28. The van der Waals surface area contributed by atoms with Crippen molar-refractivity contribution >= 4 is 11.8 Å². The van der Waals surface area contributed by atoms with Gasteiger partial charge in [-0.25, -0.2) is 0 Å². The molecule has 1 unspecified atom stereocenters. The third-order valence-corrected chi connectivity index (χ3v) is 4.19. The van der Waals surface area contributed by atoms with Crippen LogP contribution in [0.2, 0.25) is 0 Å². The van der Waals surface area contributed by atoms with Crippen molar-refractivity contribution < 1.29 is 14.2 Å². The summed E-state index contributed by atoms with van der Waals surface area (Å²) in [6.45, 7) is 3.93. The molecule has 0 fully saturated rings. The van der Waals surface area contributed by atoms with Crippen molar-refractivity contribution in [2.45, 2.75) is 19.4 Å². The minimum atomic E-state index is 0.247. The maximum Gasteiger partial charge on any atom is 0.123 e. The smallest absolute Gasteiger partial charge is 0.123 e. The number of methoxy groups -OCH3 is 3. The van der Waals surface area contributed by atoms with E-state index in [-0.39, 0.29) is 6.04 Å². The zero-order valence-electron chi connectivity index (χ0n) is 13.5. The monoisotopic (exact) mass is 313 g/mol. The number of nitrogens with one attached hydrogen (secondary N) is 1. The normalized spacial score (nSPS) is 12.2. The average molecular weight is 313 g/mol. The molecule has 0 heterocycles. The molecule has 0 aliphatic carbocycles. The molecule has 1 atom stereocenters. The van der Waals surface area contributed by atoms with Crippen LogP contribution >= 0.6 is 11.8 Å². The zero-order valence-corrected chi connectivity index (χ0v) is 14.3. The van der Waals surface area contributed by atoms with Gasteiger partial charge in [0.2, 0.25) is 0 Å². The minimum absolute atomic E-state index is 0.247. The van der Waals surface area contributed by atoms with Crippen LogP contribution in [-0.2, 0) is 4.74 Å². The van der Waals surface area contributed by atoms with E-state index in [0.717, 1.165) is 48.1 Å². The van der Waals surface area contributed by atoms with Crippen molar-refractivity contribution in [1.29, 1.82) is 0 Å². The molecule has 0 spiro atoms. The van der Waals surface area contributed by atoms with E-state index < -0.39 is 0 Å². The minimum Gasteiger partial charge on any atom is -0.497 e. The summed E-state index contributed by atoms with van der Waals surface area (Å²) in [7, 11) is 5.13. The molecule has 1 rings (SSSR count). The number of rotatable bonds is 11. The van der Waals surface area contributed by atoms with Crippen LogP contribution in [0.5, 0.6) is 11.5 Å². The van der Waals surface area contributed by atoms with Crippen molar-refractivity contribution in [2.75, 3.05) is 46.0 Å². The Morgan fingerprint density at radius 1 is 1.19 bits per heavy atom. The molecule has 120 valence electrons. The van der Waals surface area contributed by atoms with Gasteiger partial charge in [0.05, 0.1) is 20.8 Å². The van der Waals surface area contributed by atoms with Gasteiger partial charge in [0, 0.05) is 30.2 Å². The van der Waals surface area contributed by atoms with E-state index in [1.54, 1.807) is 21.3 Å². The summed E-state index contributed by atoms with van der Waals surface area (Å²) < 4.78 is 16.0. The highest BCUT2D eigenvalue weighted by atomic mass is 32.2. The van der Waals surface area contributed by atoms with E-state index in [0.29, 0.717) is 0 Å². The summed E-state index contributed by atoms with van der Waals surface area (Å²) in [6, 6.07) is 6.20. The molecule has 4 nitrogen and oxygen atoms in total. The predicted molar refractivity (Wildman–Crippen MR) is 89.8 cm³/mol. The van der Waals surface area contributed by atoms with Gasteiger partial charge in [0.1, 0.15) is 11.5 Å². The standard InChI is InChI=1S/C16H27NO3S/c1-5-8-17-15(12-21-10-9-18-2)14-11-13(19-3)6-7-16(14)20-4/h6-7,11,15,17H,5,8-10,12H2,1-4H3. The Hall–Kier alpha value is -0.910. The van der Waals surface area contributed by atoms with Crippen molar-refractivity contribution in [2.24, 2.45) is 0 Å². The largest absolute Gasteiger partial charge is 0.497 e. The maximum atomic E-state index is 5.50. The summed E-state index contributed by atoms with van der Waals surface area (Å²) in [5.74, 6) is 3.73.